The Morgan fingerprint density at radius 1 is 0.977 bits per heavy atom. The van der Waals surface area contributed by atoms with Crippen LogP contribution in [0, 0.1) is 11.7 Å². The van der Waals surface area contributed by atoms with Crippen LogP contribution >= 0.6 is 0 Å². The van der Waals surface area contributed by atoms with E-state index in [1.54, 1.807) is 31.5 Å². The van der Waals surface area contributed by atoms with Crippen molar-refractivity contribution >= 4 is 28.4 Å². The lowest BCUT2D eigenvalue weighted by Gasteiger charge is -2.23. The minimum atomic E-state index is -0.890. The largest absolute Gasteiger partial charge is 0.493 e. The van der Waals surface area contributed by atoms with Crippen molar-refractivity contribution in [2.75, 3.05) is 38.7 Å². The fraction of sp³-hybridized carbons (Fsp3) is 0.303. The summed E-state index contributed by atoms with van der Waals surface area (Å²) in [5.41, 5.74) is 1.77. The molecule has 0 aliphatic carbocycles. The van der Waals surface area contributed by atoms with E-state index >= 15 is 4.39 Å². The molecule has 2 amide bonds. The average Bonchev–Trinajstić information content (AvgIpc) is 3.04. The molecule has 3 aromatic carbocycles. The van der Waals surface area contributed by atoms with Crippen LogP contribution in [0.5, 0.6) is 23.0 Å². The van der Waals surface area contributed by atoms with Gasteiger partial charge in [-0.3, -0.25) is 14.6 Å². The van der Waals surface area contributed by atoms with Crippen molar-refractivity contribution in [1.82, 2.24) is 15.6 Å². The summed E-state index contributed by atoms with van der Waals surface area (Å²) >= 11 is 0. The number of amides is 2. The van der Waals surface area contributed by atoms with Crippen molar-refractivity contribution < 1.29 is 28.2 Å². The van der Waals surface area contributed by atoms with E-state index in [0.717, 1.165) is 37.6 Å². The van der Waals surface area contributed by atoms with Crippen LogP contribution in [-0.4, -0.2) is 50.1 Å². The molecular formula is C33H35FN4O5. The van der Waals surface area contributed by atoms with Crippen LogP contribution in [0.3, 0.4) is 0 Å². The maximum atomic E-state index is 15.1. The predicted octanol–water partition coefficient (Wildman–Crippen LogP) is 5.41. The zero-order valence-corrected chi connectivity index (χ0v) is 24.2. The number of fused-ring (bicyclic) bond motifs is 1. The van der Waals surface area contributed by atoms with Gasteiger partial charge in [0.15, 0.2) is 23.1 Å². The van der Waals surface area contributed by atoms with Gasteiger partial charge in [0.2, 0.25) is 0 Å². The summed E-state index contributed by atoms with van der Waals surface area (Å²) < 4.78 is 32.7. The summed E-state index contributed by atoms with van der Waals surface area (Å²) in [6, 6.07) is 18.8. The van der Waals surface area contributed by atoms with E-state index in [2.05, 4.69) is 20.9 Å². The second kappa shape index (κ2) is 14.0. The van der Waals surface area contributed by atoms with E-state index in [9.17, 15) is 9.59 Å². The van der Waals surface area contributed by atoms with Crippen LogP contribution in [0.1, 0.15) is 31.2 Å². The van der Waals surface area contributed by atoms with Gasteiger partial charge in [0.05, 0.1) is 19.2 Å². The first-order valence-corrected chi connectivity index (χ1v) is 14.3. The molecule has 1 saturated heterocycles. The molecule has 1 aromatic heterocycles. The predicted molar refractivity (Wildman–Crippen MR) is 162 cm³/mol. The summed E-state index contributed by atoms with van der Waals surface area (Å²) in [6.07, 6.45) is 3.69. The SMILES string of the molecule is COc1cc2c(Oc3ccc(NC(=O)C(=O)NC[C@H](C)c4ccccc4)cc3F)ccnc2cc1OCC1CCNCC1. The van der Waals surface area contributed by atoms with Crippen LogP contribution in [0.2, 0.25) is 0 Å². The van der Waals surface area contributed by atoms with Crippen LogP contribution < -0.4 is 30.2 Å². The lowest BCUT2D eigenvalue weighted by atomic mass is 9.99. The number of halogens is 1. The quantitative estimate of drug-likeness (QED) is 0.213. The molecular weight excluding hydrogens is 551 g/mol. The Kier molecular flexibility index (Phi) is 9.68. The highest BCUT2D eigenvalue weighted by Gasteiger charge is 2.19. The molecule has 0 saturated carbocycles. The first kappa shape index (κ1) is 29.8. The molecule has 9 nitrogen and oxygen atoms in total. The molecule has 1 fully saturated rings. The smallest absolute Gasteiger partial charge is 0.313 e. The summed E-state index contributed by atoms with van der Waals surface area (Å²) in [7, 11) is 1.56. The highest BCUT2D eigenvalue weighted by molar-refractivity contribution is 6.39. The highest BCUT2D eigenvalue weighted by Crippen LogP contribution is 2.38. The third-order valence-corrected chi connectivity index (χ3v) is 7.47. The molecule has 1 atom stereocenters. The molecule has 0 unspecified atom stereocenters. The van der Waals surface area contributed by atoms with E-state index in [1.807, 2.05) is 37.3 Å². The summed E-state index contributed by atoms with van der Waals surface area (Å²) in [4.78, 5) is 29.2. The third kappa shape index (κ3) is 7.58. The number of pyridine rings is 1. The third-order valence-electron chi connectivity index (χ3n) is 7.47. The number of ether oxygens (including phenoxy) is 3. The van der Waals surface area contributed by atoms with Gasteiger partial charge in [-0.2, -0.15) is 0 Å². The Morgan fingerprint density at radius 2 is 1.77 bits per heavy atom. The number of anilines is 1. The molecule has 5 rings (SSSR count). The zero-order valence-electron chi connectivity index (χ0n) is 24.2. The van der Waals surface area contributed by atoms with E-state index in [-0.39, 0.29) is 23.9 Å². The Hall–Kier alpha value is -4.70. The monoisotopic (exact) mass is 586 g/mol. The molecule has 10 heteroatoms. The number of benzene rings is 3. The Bertz CT molecular complexity index is 1580. The van der Waals surface area contributed by atoms with Crippen LogP contribution in [0.25, 0.3) is 10.9 Å². The molecule has 0 bridgehead atoms. The van der Waals surface area contributed by atoms with E-state index in [0.29, 0.717) is 40.7 Å². The molecule has 1 aliphatic rings. The number of hydrogen-bond donors (Lipinski definition) is 3. The molecule has 0 spiro atoms. The molecule has 2 heterocycles. The van der Waals surface area contributed by atoms with Crippen molar-refractivity contribution in [2.24, 2.45) is 5.92 Å². The van der Waals surface area contributed by atoms with Gasteiger partial charge in [0.1, 0.15) is 5.75 Å². The van der Waals surface area contributed by atoms with Crippen molar-refractivity contribution in [3.05, 3.63) is 84.3 Å². The summed E-state index contributed by atoms with van der Waals surface area (Å²) in [5.74, 6) is -0.495. The maximum absolute atomic E-state index is 15.1. The fourth-order valence-electron chi connectivity index (χ4n) is 4.94. The zero-order chi connectivity index (χ0) is 30.2. The highest BCUT2D eigenvalue weighted by atomic mass is 19.1. The van der Waals surface area contributed by atoms with Crippen molar-refractivity contribution in [3.63, 3.8) is 0 Å². The van der Waals surface area contributed by atoms with Gasteiger partial charge in [-0.25, -0.2) is 4.39 Å². The van der Waals surface area contributed by atoms with Gasteiger partial charge in [-0.1, -0.05) is 37.3 Å². The number of rotatable bonds is 10. The number of nitrogens with one attached hydrogen (secondary N) is 3. The van der Waals surface area contributed by atoms with Crippen LogP contribution in [0.15, 0.2) is 72.9 Å². The lowest BCUT2D eigenvalue weighted by Crippen LogP contribution is -2.37. The van der Waals surface area contributed by atoms with Gasteiger partial charge in [0.25, 0.3) is 0 Å². The molecule has 0 radical (unpaired) electrons. The number of piperidine rings is 1. The van der Waals surface area contributed by atoms with E-state index < -0.39 is 17.6 Å². The average molecular weight is 587 g/mol. The van der Waals surface area contributed by atoms with E-state index in [4.69, 9.17) is 14.2 Å². The fourth-order valence-corrected chi connectivity index (χ4v) is 4.94. The molecule has 3 N–H and O–H groups in total. The number of hydrogen-bond acceptors (Lipinski definition) is 7. The second-order valence-corrected chi connectivity index (χ2v) is 10.6. The van der Waals surface area contributed by atoms with Crippen LogP contribution in [0.4, 0.5) is 10.1 Å². The summed E-state index contributed by atoms with van der Waals surface area (Å²) in [6.45, 7) is 4.79. The number of nitrogens with zero attached hydrogens (tertiary/aromatic N) is 1. The summed E-state index contributed by atoms with van der Waals surface area (Å²) in [5, 5.41) is 9.02. The maximum Gasteiger partial charge on any atom is 0.313 e. The van der Waals surface area contributed by atoms with Crippen molar-refractivity contribution in [1.29, 1.82) is 0 Å². The van der Waals surface area contributed by atoms with Gasteiger partial charge < -0.3 is 30.2 Å². The Balaban J connectivity index is 1.23. The number of carbonyl (C=O) groups is 2. The van der Waals surface area contributed by atoms with Crippen LogP contribution in [-0.2, 0) is 9.59 Å². The van der Waals surface area contributed by atoms with Gasteiger partial charge in [-0.05, 0) is 67.6 Å². The number of aromatic nitrogens is 1. The molecule has 1 aliphatic heterocycles. The van der Waals surface area contributed by atoms with Gasteiger partial charge in [-0.15, -0.1) is 0 Å². The molecule has 4 aromatic rings. The Morgan fingerprint density at radius 3 is 2.51 bits per heavy atom. The standard InChI is InChI=1S/C33H35FN4O5/c1-21(23-6-4-3-5-7-23)19-37-32(39)33(40)38-24-8-9-29(26(34)16-24)43-28-12-15-36-27-18-31(30(41-2)17-25(27)28)42-20-22-10-13-35-14-11-22/h3-9,12,15-18,21-22,35H,10-11,13-14,19-20H2,1-2H3,(H,37,39)(H,38,40)/t21-/m0/s1. The van der Waals surface area contributed by atoms with Crippen molar-refractivity contribution in [3.8, 4) is 23.0 Å². The lowest BCUT2D eigenvalue weighted by molar-refractivity contribution is -0.136. The number of carbonyl (C=O) groups excluding carboxylic acids is 2. The topological polar surface area (TPSA) is 111 Å². The first-order chi connectivity index (χ1) is 20.9. The Labute approximate surface area is 249 Å². The van der Waals surface area contributed by atoms with E-state index in [1.165, 1.54) is 12.1 Å². The minimum absolute atomic E-state index is 0.0227. The van der Waals surface area contributed by atoms with Gasteiger partial charge in [0, 0.05) is 35.9 Å². The number of methoxy groups -OCH3 is 1. The molecule has 43 heavy (non-hydrogen) atoms. The minimum Gasteiger partial charge on any atom is -0.493 e. The van der Waals surface area contributed by atoms with Crippen molar-refractivity contribution in [2.45, 2.75) is 25.7 Å². The normalized spacial score (nSPS) is 14.1. The molecule has 224 valence electrons. The van der Waals surface area contributed by atoms with Gasteiger partial charge >= 0.3 is 11.8 Å². The second-order valence-electron chi connectivity index (χ2n) is 10.6. The first-order valence-electron chi connectivity index (χ1n) is 14.3.